The van der Waals surface area contributed by atoms with Gasteiger partial charge in [-0.25, -0.2) is 0 Å². The molecule has 5 fully saturated rings. The quantitative estimate of drug-likeness (QED) is 0.362. The van der Waals surface area contributed by atoms with E-state index in [2.05, 4.69) is 55.0 Å². The van der Waals surface area contributed by atoms with Crippen molar-refractivity contribution in [1.82, 2.24) is 0 Å². The molecular weight excluding hydrogens is 456 g/mol. The number of carboxylic acids is 1. The molecule has 0 aliphatic heterocycles. The zero-order chi connectivity index (χ0) is 27.2. The minimum absolute atomic E-state index is 0.0736. The summed E-state index contributed by atoms with van der Waals surface area (Å²) in [5, 5.41) is 22.6. The largest absolute Gasteiger partial charge is 0.481 e. The molecule has 10 atom stereocenters. The molecule has 2 N–H and O–H groups in total. The van der Waals surface area contributed by atoms with E-state index in [1.165, 1.54) is 31.3 Å². The highest BCUT2D eigenvalue weighted by molar-refractivity contribution is 5.76. The van der Waals surface area contributed by atoms with Gasteiger partial charge in [0.25, 0.3) is 0 Å². The molecule has 0 heterocycles. The number of fused-ring (bicyclic) bond motifs is 7. The molecule has 3 nitrogen and oxygen atoms in total. The zero-order valence-corrected chi connectivity index (χ0v) is 25.1. The fourth-order valence-corrected chi connectivity index (χ4v) is 12.5. The van der Waals surface area contributed by atoms with Gasteiger partial charge in [0.2, 0.25) is 0 Å². The van der Waals surface area contributed by atoms with Crippen molar-refractivity contribution in [3.8, 4) is 0 Å². The van der Waals surface area contributed by atoms with Crippen molar-refractivity contribution >= 4 is 5.97 Å². The summed E-state index contributed by atoms with van der Waals surface area (Å²) in [5.74, 6) is 1.73. The summed E-state index contributed by atoms with van der Waals surface area (Å²) >= 11 is 0. The molecule has 0 spiro atoms. The lowest BCUT2D eigenvalue weighted by atomic mass is 9.31. The monoisotopic (exact) mass is 512 g/mol. The van der Waals surface area contributed by atoms with Gasteiger partial charge < -0.3 is 10.2 Å². The lowest BCUT2D eigenvalue weighted by Crippen LogP contribution is -2.68. The molecule has 210 valence electrons. The van der Waals surface area contributed by atoms with Gasteiger partial charge in [0.1, 0.15) is 0 Å². The third-order valence-electron chi connectivity index (χ3n) is 14.9. The van der Waals surface area contributed by atoms with Crippen LogP contribution in [0.5, 0.6) is 0 Å². The average molecular weight is 513 g/mol. The number of aliphatic hydroxyl groups is 1. The van der Waals surface area contributed by atoms with Gasteiger partial charge in [-0.3, -0.25) is 4.79 Å². The van der Waals surface area contributed by atoms with Crippen LogP contribution in [-0.2, 0) is 4.79 Å². The van der Waals surface area contributed by atoms with E-state index in [0.29, 0.717) is 23.7 Å². The Hall–Kier alpha value is -0.830. The predicted molar refractivity (Wildman–Crippen MR) is 151 cm³/mol. The van der Waals surface area contributed by atoms with E-state index in [-0.39, 0.29) is 27.6 Å². The van der Waals surface area contributed by atoms with Crippen LogP contribution in [0.2, 0.25) is 0 Å². The van der Waals surface area contributed by atoms with Crippen molar-refractivity contribution in [2.75, 3.05) is 0 Å². The Morgan fingerprint density at radius 2 is 1.57 bits per heavy atom. The summed E-state index contributed by atoms with van der Waals surface area (Å²) in [5.41, 5.74) is 0.687. The van der Waals surface area contributed by atoms with E-state index in [4.69, 9.17) is 0 Å². The highest BCUT2D eigenvalue weighted by Crippen LogP contribution is 2.78. The van der Waals surface area contributed by atoms with Crippen molar-refractivity contribution in [2.45, 2.75) is 138 Å². The van der Waals surface area contributed by atoms with Crippen molar-refractivity contribution < 1.29 is 15.0 Å². The van der Waals surface area contributed by atoms with Crippen LogP contribution >= 0.6 is 0 Å². The van der Waals surface area contributed by atoms with Gasteiger partial charge in [0.05, 0.1) is 11.0 Å². The zero-order valence-electron chi connectivity index (χ0n) is 25.1. The second-order valence-corrected chi connectivity index (χ2v) is 16.0. The second-order valence-electron chi connectivity index (χ2n) is 16.0. The number of hydrogen-bond acceptors (Lipinski definition) is 2. The Bertz CT molecular complexity index is 953. The van der Waals surface area contributed by atoms with Gasteiger partial charge in [-0.2, -0.15) is 0 Å². The van der Waals surface area contributed by atoms with Crippen LogP contribution in [0.3, 0.4) is 0 Å². The number of allylic oxidation sites excluding steroid dienone is 1. The van der Waals surface area contributed by atoms with E-state index in [9.17, 15) is 15.0 Å². The molecule has 3 heteroatoms. The van der Waals surface area contributed by atoms with Crippen molar-refractivity contribution in [3.05, 3.63) is 12.2 Å². The Balaban J connectivity index is 1.52. The standard InChI is InChI=1S/C34H56O3/c1-9-10-15-34(37)21-18-30(6)25(29(34,4)5)14-16-32(8)26(30)12-11-24-27-23(22(2)3)13-17-33(27,28(35)36)20-19-31(24,32)7/h23-27,37H,2,9-21H2,1,3-8H3,(H,35,36)/t23-,24?,25?,26?,27?,30-,31+,32+,33-,34-/m0/s1. The van der Waals surface area contributed by atoms with Gasteiger partial charge in [-0.1, -0.05) is 66.5 Å². The molecule has 0 bridgehead atoms. The Labute approximate surface area is 227 Å². The highest BCUT2D eigenvalue weighted by Gasteiger charge is 2.72. The summed E-state index contributed by atoms with van der Waals surface area (Å²) in [7, 11) is 0. The first-order valence-corrected chi connectivity index (χ1v) is 15.8. The average Bonchev–Trinajstić information content (AvgIpc) is 3.23. The lowest BCUT2D eigenvalue weighted by Gasteiger charge is -2.73. The third-order valence-corrected chi connectivity index (χ3v) is 14.9. The Morgan fingerprint density at radius 1 is 0.865 bits per heavy atom. The molecule has 5 aliphatic rings. The predicted octanol–water partition coefficient (Wildman–Crippen LogP) is 8.65. The van der Waals surface area contributed by atoms with Crippen molar-refractivity contribution in [3.63, 3.8) is 0 Å². The summed E-state index contributed by atoms with van der Waals surface area (Å²) < 4.78 is 0. The van der Waals surface area contributed by atoms with E-state index < -0.39 is 17.0 Å². The fourth-order valence-electron chi connectivity index (χ4n) is 12.5. The van der Waals surface area contributed by atoms with E-state index in [1.54, 1.807) is 0 Å². The number of aliphatic carboxylic acids is 1. The minimum Gasteiger partial charge on any atom is -0.481 e. The normalized spacial score (nSPS) is 52.4. The number of rotatable bonds is 5. The third kappa shape index (κ3) is 3.37. The maximum Gasteiger partial charge on any atom is 0.309 e. The Kier molecular flexibility index (Phi) is 6.43. The number of carbonyl (C=O) groups is 1. The molecule has 0 aromatic rings. The molecule has 5 rings (SSSR count). The van der Waals surface area contributed by atoms with Crippen LogP contribution in [0.1, 0.15) is 132 Å². The van der Waals surface area contributed by atoms with Gasteiger partial charge in [-0.15, -0.1) is 0 Å². The molecular formula is C34H56O3. The second kappa shape index (κ2) is 8.58. The van der Waals surface area contributed by atoms with Gasteiger partial charge in [0, 0.05) is 0 Å². The van der Waals surface area contributed by atoms with E-state index in [1.807, 2.05) is 0 Å². The summed E-state index contributed by atoms with van der Waals surface area (Å²) in [6.45, 7) is 21.3. The molecule has 37 heavy (non-hydrogen) atoms. The van der Waals surface area contributed by atoms with Crippen molar-refractivity contribution in [1.29, 1.82) is 0 Å². The molecule has 5 aliphatic carbocycles. The van der Waals surface area contributed by atoms with Crippen LogP contribution in [0, 0.1) is 56.7 Å². The lowest BCUT2D eigenvalue weighted by molar-refractivity contribution is -0.265. The van der Waals surface area contributed by atoms with E-state index in [0.717, 1.165) is 57.8 Å². The molecule has 0 aromatic heterocycles. The van der Waals surface area contributed by atoms with Crippen LogP contribution in [0.15, 0.2) is 12.2 Å². The van der Waals surface area contributed by atoms with Crippen LogP contribution in [0.25, 0.3) is 0 Å². The van der Waals surface area contributed by atoms with Gasteiger partial charge in [-0.05, 0) is 129 Å². The minimum atomic E-state index is -0.549. The number of unbranched alkanes of at least 4 members (excludes halogenated alkanes) is 1. The fraction of sp³-hybridized carbons (Fsp3) is 0.912. The first-order valence-electron chi connectivity index (χ1n) is 15.8. The summed E-state index contributed by atoms with van der Waals surface area (Å²) in [4.78, 5) is 12.9. The number of hydrogen-bond donors (Lipinski definition) is 2. The topological polar surface area (TPSA) is 57.5 Å². The molecule has 0 aromatic carbocycles. The Morgan fingerprint density at radius 3 is 2.19 bits per heavy atom. The maximum atomic E-state index is 12.9. The van der Waals surface area contributed by atoms with Crippen LogP contribution in [0.4, 0.5) is 0 Å². The van der Waals surface area contributed by atoms with Crippen LogP contribution < -0.4 is 0 Å². The first kappa shape index (κ1) is 27.7. The SMILES string of the molecule is C=C(C)[C@@H]1CC[C@]2(C(=O)O)CC[C@]3(C)C(CCC4[C@@]5(C)CC[C@@](O)(CCCC)C(C)(C)C5CC[C@]43C)C12. The molecule has 5 saturated carbocycles. The highest BCUT2D eigenvalue weighted by atomic mass is 16.4. The summed E-state index contributed by atoms with van der Waals surface area (Å²) in [6.07, 6.45) is 13.8. The number of carboxylic acid groups (broad SMARTS) is 1. The van der Waals surface area contributed by atoms with Crippen molar-refractivity contribution in [2.24, 2.45) is 56.7 Å². The molecule has 0 amide bonds. The molecule has 0 radical (unpaired) electrons. The summed E-state index contributed by atoms with van der Waals surface area (Å²) in [6, 6.07) is 0. The van der Waals surface area contributed by atoms with Gasteiger partial charge in [0.15, 0.2) is 0 Å². The smallest absolute Gasteiger partial charge is 0.309 e. The van der Waals surface area contributed by atoms with Gasteiger partial charge >= 0.3 is 5.97 Å². The van der Waals surface area contributed by atoms with Crippen LogP contribution in [-0.4, -0.2) is 21.8 Å². The first-order chi connectivity index (χ1) is 17.1. The maximum absolute atomic E-state index is 12.9. The molecule has 0 saturated heterocycles. The molecule has 4 unspecified atom stereocenters. The van der Waals surface area contributed by atoms with E-state index >= 15 is 0 Å².